The second-order valence-electron chi connectivity index (χ2n) is 4.36. The van der Waals surface area contributed by atoms with Crippen LogP contribution in [-0.4, -0.2) is 17.6 Å². The van der Waals surface area contributed by atoms with Crippen LogP contribution in [0.1, 0.15) is 25.0 Å². The van der Waals surface area contributed by atoms with E-state index in [4.69, 9.17) is 4.74 Å². The number of allylic oxidation sites excluding steroid dienone is 1. The number of hydrogen-bond acceptors (Lipinski definition) is 5. The topological polar surface area (TPSA) is 51.2 Å². The van der Waals surface area contributed by atoms with Crippen LogP contribution in [0, 0.1) is 0 Å². The SMILES string of the molecule is CCOC(=O)C1(c2cnccc2C(F)(F)F)NC(C)=CS1. The van der Waals surface area contributed by atoms with Crippen LogP contribution in [0.5, 0.6) is 0 Å². The fourth-order valence-electron chi connectivity index (χ4n) is 2.01. The third-order valence-corrected chi connectivity index (χ3v) is 4.17. The van der Waals surface area contributed by atoms with Crippen molar-refractivity contribution in [3.63, 3.8) is 0 Å². The molecule has 0 spiro atoms. The lowest BCUT2D eigenvalue weighted by molar-refractivity contribution is -0.148. The molecule has 0 aliphatic carbocycles. The molecule has 1 atom stereocenters. The lowest BCUT2D eigenvalue weighted by Crippen LogP contribution is -2.45. The molecule has 0 radical (unpaired) electrons. The molecule has 8 heteroatoms. The van der Waals surface area contributed by atoms with Gasteiger partial charge in [-0.1, -0.05) is 11.8 Å². The minimum Gasteiger partial charge on any atom is -0.463 e. The van der Waals surface area contributed by atoms with E-state index in [9.17, 15) is 18.0 Å². The van der Waals surface area contributed by atoms with Crippen LogP contribution >= 0.6 is 11.8 Å². The van der Waals surface area contributed by atoms with E-state index in [2.05, 4.69) is 10.3 Å². The van der Waals surface area contributed by atoms with Crippen LogP contribution in [0.15, 0.2) is 29.6 Å². The van der Waals surface area contributed by atoms with Crippen molar-refractivity contribution < 1.29 is 22.7 Å². The minimum atomic E-state index is -4.59. The van der Waals surface area contributed by atoms with Crippen molar-refractivity contribution in [2.24, 2.45) is 0 Å². The number of halogens is 3. The molecular formula is C13H13F3N2O2S. The van der Waals surface area contributed by atoms with Gasteiger partial charge in [-0.2, -0.15) is 13.2 Å². The second kappa shape index (κ2) is 5.59. The Kier molecular flexibility index (Phi) is 4.18. The highest BCUT2D eigenvalue weighted by atomic mass is 32.2. The van der Waals surface area contributed by atoms with Gasteiger partial charge >= 0.3 is 12.1 Å². The van der Waals surface area contributed by atoms with Crippen LogP contribution in [0.25, 0.3) is 0 Å². The first-order valence-electron chi connectivity index (χ1n) is 6.13. The van der Waals surface area contributed by atoms with Gasteiger partial charge in [-0.25, -0.2) is 4.79 Å². The molecule has 0 aromatic carbocycles. The molecule has 1 aromatic rings. The Morgan fingerprint density at radius 3 is 2.76 bits per heavy atom. The largest absolute Gasteiger partial charge is 0.463 e. The molecule has 4 nitrogen and oxygen atoms in total. The van der Waals surface area contributed by atoms with E-state index in [1.54, 1.807) is 19.3 Å². The average molecular weight is 318 g/mol. The number of rotatable bonds is 3. The predicted octanol–water partition coefficient (Wildman–Crippen LogP) is 3.01. The quantitative estimate of drug-likeness (QED) is 0.868. The number of ether oxygens (including phenoxy) is 1. The van der Waals surface area contributed by atoms with E-state index >= 15 is 0 Å². The maximum atomic E-state index is 13.2. The first-order chi connectivity index (χ1) is 9.81. The lowest BCUT2D eigenvalue weighted by Gasteiger charge is -2.29. The Morgan fingerprint density at radius 2 is 2.24 bits per heavy atom. The molecule has 0 amide bonds. The van der Waals surface area contributed by atoms with Crippen LogP contribution in [0.4, 0.5) is 13.2 Å². The van der Waals surface area contributed by atoms with Gasteiger partial charge in [0.15, 0.2) is 0 Å². The first-order valence-corrected chi connectivity index (χ1v) is 7.01. The van der Waals surface area contributed by atoms with E-state index in [0.717, 1.165) is 30.2 Å². The molecular weight excluding hydrogens is 305 g/mol. The number of nitrogens with zero attached hydrogens (tertiary/aromatic N) is 1. The Hall–Kier alpha value is -1.70. The highest BCUT2D eigenvalue weighted by Crippen LogP contribution is 2.46. The smallest absolute Gasteiger partial charge is 0.416 e. The van der Waals surface area contributed by atoms with E-state index in [1.807, 2.05) is 0 Å². The molecule has 2 rings (SSSR count). The van der Waals surface area contributed by atoms with E-state index < -0.39 is 22.6 Å². The molecule has 1 aliphatic rings. The summed E-state index contributed by atoms with van der Waals surface area (Å²) in [4.78, 5) is 14.3. The Bertz CT molecular complexity index is 589. The Balaban J connectivity index is 2.57. The molecule has 1 aromatic heterocycles. The molecule has 1 N–H and O–H groups in total. The van der Waals surface area contributed by atoms with Gasteiger partial charge in [0.05, 0.1) is 12.2 Å². The number of thioether (sulfide) groups is 1. The van der Waals surface area contributed by atoms with Gasteiger partial charge in [0.1, 0.15) is 0 Å². The number of carbonyl (C=O) groups excluding carboxylic acids is 1. The maximum Gasteiger partial charge on any atom is 0.416 e. The Morgan fingerprint density at radius 1 is 1.52 bits per heavy atom. The fraction of sp³-hybridized carbons (Fsp3) is 0.385. The average Bonchev–Trinajstić information content (AvgIpc) is 2.81. The molecule has 1 aliphatic heterocycles. The van der Waals surface area contributed by atoms with Crippen molar-refractivity contribution in [3.05, 3.63) is 40.7 Å². The van der Waals surface area contributed by atoms with Gasteiger partial charge in [-0.05, 0) is 25.3 Å². The van der Waals surface area contributed by atoms with Crippen molar-refractivity contribution in [1.82, 2.24) is 10.3 Å². The first kappa shape index (κ1) is 15.7. The molecule has 0 saturated heterocycles. The zero-order chi connectivity index (χ0) is 15.7. The number of hydrogen-bond donors (Lipinski definition) is 1. The molecule has 0 saturated carbocycles. The molecule has 114 valence electrons. The number of pyridine rings is 1. The minimum absolute atomic E-state index is 0.0729. The predicted molar refractivity (Wildman–Crippen MR) is 72.0 cm³/mol. The van der Waals surface area contributed by atoms with Gasteiger partial charge < -0.3 is 10.1 Å². The van der Waals surface area contributed by atoms with Gasteiger partial charge in [0.2, 0.25) is 4.87 Å². The molecule has 0 fully saturated rings. The number of alkyl halides is 3. The highest BCUT2D eigenvalue weighted by molar-refractivity contribution is 8.04. The fourth-order valence-corrected chi connectivity index (χ4v) is 3.09. The van der Waals surface area contributed by atoms with E-state index in [0.29, 0.717) is 5.70 Å². The summed E-state index contributed by atoms with van der Waals surface area (Å²) >= 11 is 0.942. The van der Waals surface area contributed by atoms with Gasteiger partial charge in [0, 0.05) is 23.7 Å². The number of aromatic nitrogens is 1. The summed E-state index contributed by atoms with van der Waals surface area (Å²) in [6.07, 6.45) is -2.49. The summed E-state index contributed by atoms with van der Waals surface area (Å²) in [6.45, 7) is 3.33. The lowest BCUT2D eigenvalue weighted by atomic mass is 10.0. The van der Waals surface area contributed by atoms with Crippen LogP contribution in [0.3, 0.4) is 0 Å². The normalized spacial score (nSPS) is 21.7. The van der Waals surface area contributed by atoms with Gasteiger partial charge in [-0.3, -0.25) is 4.98 Å². The summed E-state index contributed by atoms with van der Waals surface area (Å²) in [6, 6.07) is 0.853. The van der Waals surface area contributed by atoms with Gasteiger partial charge in [0.25, 0.3) is 0 Å². The standard InChI is InChI=1S/C13H13F3N2O2S/c1-3-20-11(19)12(18-8(2)7-21-12)10-6-17-5-4-9(10)13(14,15)16/h4-7,18H,3H2,1-2H3. The number of carbonyl (C=O) groups is 1. The molecule has 2 heterocycles. The number of nitrogens with one attached hydrogen (secondary N) is 1. The van der Waals surface area contributed by atoms with Crippen molar-refractivity contribution in [1.29, 1.82) is 0 Å². The summed E-state index contributed by atoms with van der Waals surface area (Å²) < 4.78 is 44.5. The van der Waals surface area contributed by atoms with Crippen molar-refractivity contribution in [2.45, 2.75) is 24.9 Å². The van der Waals surface area contributed by atoms with Crippen molar-refractivity contribution in [2.75, 3.05) is 6.61 Å². The molecule has 0 bridgehead atoms. The zero-order valence-corrected chi connectivity index (χ0v) is 12.1. The van der Waals surface area contributed by atoms with E-state index in [-0.39, 0.29) is 12.2 Å². The summed E-state index contributed by atoms with van der Waals surface area (Å²) in [5.74, 6) is -0.776. The third-order valence-electron chi connectivity index (χ3n) is 2.85. The van der Waals surface area contributed by atoms with Crippen molar-refractivity contribution >= 4 is 17.7 Å². The zero-order valence-electron chi connectivity index (χ0n) is 11.3. The van der Waals surface area contributed by atoms with Crippen LogP contribution in [-0.2, 0) is 20.6 Å². The molecule has 1 unspecified atom stereocenters. The summed E-state index contributed by atoms with van der Waals surface area (Å²) in [5, 5.41) is 4.38. The summed E-state index contributed by atoms with van der Waals surface area (Å²) in [5.41, 5.74) is -0.576. The van der Waals surface area contributed by atoms with E-state index in [1.165, 1.54) is 0 Å². The second-order valence-corrected chi connectivity index (χ2v) is 5.45. The maximum absolute atomic E-state index is 13.2. The number of esters is 1. The summed E-state index contributed by atoms with van der Waals surface area (Å²) in [7, 11) is 0. The molecule has 21 heavy (non-hydrogen) atoms. The van der Waals surface area contributed by atoms with Crippen LogP contribution < -0.4 is 5.32 Å². The monoisotopic (exact) mass is 318 g/mol. The highest BCUT2D eigenvalue weighted by Gasteiger charge is 2.50. The van der Waals surface area contributed by atoms with Gasteiger partial charge in [-0.15, -0.1) is 0 Å². The van der Waals surface area contributed by atoms with Crippen molar-refractivity contribution in [3.8, 4) is 0 Å². The third kappa shape index (κ3) is 2.85. The Labute approximate surface area is 123 Å². The van der Waals surface area contributed by atoms with Crippen LogP contribution in [0.2, 0.25) is 0 Å².